The van der Waals surface area contributed by atoms with Gasteiger partial charge >= 0.3 is 0 Å². The Bertz CT molecular complexity index is 1460. The zero-order valence-electron chi connectivity index (χ0n) is 19.7. The zero-order valence-corrected chi connectivity index (χ0v) is 20.5. The molecule has 0 fully saturated rings. The minimum absolute atomic E-state index is 0.266. The van der Waals surface area contributed by atoms with Crippen LogP contribution in [0.5, 0.6) is 0 Å². The molecular formula is C28H24ClN5O2. The third-order valence-electron chi connectivity index (χ3n) is 6.04. The lowest BCUT2D eigenvalue weighted by Crippen LogP contribution is -2.32. The van der Waals surface area contributed by atoms with Gasteiger partial charge in [-0.05, 0) is 55.8 Å². The number of carbonyl (C=O) groups is 2. The van der Waals surface area contributed by atoms with Gasteiger partial charge in [0.1, 0.15) is 17.4 Å². The summed E-state index contributed by atoms with van der Waals surface area (Å²) in [5.74, 6) is -0.0567. The first-order chi connectivity index (χ1) is 17.4. The number of aromatic nitrogens is 2. The lowest BCUT2D eigenvalue weighted by Gasteiger charge is -2.30. The summed E-state index contributed by atoms with van der Waals surface area (Å²) in [6, 6.07) is 23.5. The molecule has 0 spiro atoms. The predicted molar refractivity (Wildman–Crippen MR) is 142 cm³/mol. The molecule has 5 rings (SSSR count). The van der Waals surface area contributed by atoms with Gasteiger partial charge in [0.05, 0.1) is 11.8 Å². The van der Waals surface area contributed by atoms with Gasteiger partial charge < -0.3 is 16.0 Å². The Morgan fingerprint density at radius 1 is 0.861 bits per heavy atom. The lowest BCUT2D eigenvalue weighted by molar-refractivity contribution is -0.113. The highest BCUT2D eigenvalue weighted by molar-refractivity contribution is 6.30. The van der Waals surface area contributed by atoms with E-state index in [0.717, 1.165) is 11.1 Å². The average Bonchev–Trinajstić information content (AvgIpc) is 3.29. The molecule has 0 aliphatic carbocycles. The van der Waals surface area contributed by atoms with Crippen molar-refractivity contribution in [2.45, 2.75) is 19.9 Å². The number of aryl methyl sites for hydroxylation is 1. The molecule has 0 bridgehead atoms. The van der Waals surface area contributed by atoms with Crippen LogP contribution in [0.3, 0.4) is 0 Å². The molecule has 4 aromatic rings. The van der Waals surface area contributed by atoms with Crippen LogP contribution < -0.4 is 16.0 Å². The highest BCUT2D eigenvalue weighted by Crippen LogP contribution is 2.38. The molecule has 1 aliphatic heterocycles. The number of amides is 2. The molecule has 2 amide bonds. The molecule has 0 unspecified atom stereocenters. The standard InChI is InChI=1S/C28H24ClN5O2/c1-17-8-14-22(15-9-17)32-27(35)23-16-30-34-25(19-10-12-20(29)13-11-19)24(18(2)31-26(23)34)28(36)33-21-6-4-3-5-7-21/h3-16,25,31H,1-2H3,(H,32,35)(H,33,36)/t25-/m1/s1. The van der Waals surface area contributed by atoms with Crippen LogP contribution in [0.1, 0.15) is 34.5 Å². The maximum atomic E-state index is 13.5. The number of benzene rings is 3. The van der Waals surface area contributed by atoms with Crippen molar-refractivity contribution in [3.8, 4) is 0 Å². The topological polar surface area (TPSA) is 88.0 Å². The molecule has 7 nitrogen and oxygen atoms in total. The van der Waals surface area contributed by atoms with Crippen LogP contribution in [-0.4, -0.2) is 21.6 Å². The summed E-state index contributed by atoms with van der Waals surface area (Å²) in [5, 5.41) is 14.3. The van der Waals surface area contributed by atoms with Gasteiger partial charge in [-0.25, -0.2) is 4.68 Å². The van der Waals surface area contributed by atoms with Crippen LogP contribution in [-0.2, 0) is 4.79 Å². The Morgan fingerprint density at radius 3 is 2.19 bits per heavy atom. The van der Waals surface area contributed by atoms with Crippen molar-refractivity contribution in [3.05, 3.63) is 118 Å². The van der Waals surface area contributed by atoms with Gasteiger partial charge in [-0.3, -0.25) is 9.59 Å². The summed E-state index contributed by atoms with van der Waals surface area (Å²) in [6.07, 6.45) is 1.51. The van der Waals surface area contributed by atoms with Crippen molar-refractivity contribution in [3.63, 3.8) is 0 Å². The van der Waals surface area contributed by atoms with Gasteiger partial charge in [0.15, 0.2) is 0 Å². The second-order valence-electron chi connectivity index (χ2n) is 8.61. The minimum atomic E-state index is -0.567. The largest absolute Gasteiger partial charge is 0.343 e. The van der Waals surface area contributed by atoms with E-state index in [1.54, 1.807) is 16.8 Å². The van der Waals surface area contributed by atoms with Gasteiger partial charge in [-0.1, -0.05) is 59.6 Å². The summed E-state index contributed by atoms with van der Waals surface area (Å²) in [5.41, 5.74) is 4.77. The third-order valence-corrected chi connectivity index (χ3v) is 6.29. The van der Waals surface area contributed by atoms with Gasteiger partial charge in [0.2, 0.25) is 0 Å². The summed E-state index contributed by atoms with van der Waals surface area (Å²) < 4.78 is 1.67. The maximum absolute atomic E-state index is 13.5. The van der Waals surface area contributed by atoms with Crippen molar-refractivity contribution < 1.29 is 9.59 Å². The number of nitrogens with one attached hydrogen (secondary N) is 3. The summed E-state index contributed by atoms with van der Waals surface area (Å²) >= 11 is 6.14. The first-order valence-electron chi connectivity index (χ1n) is 11.5. The molecule has 8 heteroatoms. The van der Waals surface area contributed by atoms with E-state index in [1.807, 2.05) is 80.6 Å². The van der Waals surface area contributed by atoms with E-state index in [9.17, 15) is 9.59 Å². The van der Waals surface area contributed by atoms with E-state index in [1.165, 1.54) is 6.20 Å². The number of nitrogens with zero attached hydrogens (tertiary/aromatic N) is 2. The Labute approximate surface area is 213 Å². The summed E-state index contributed by atoms with van der Waals surface area (Å²) in [4.78, 5) is 26.7. The smallest absolute Gasteiger partial charge is 0.261 e. The van der Waals surface area contributed by atoms with E-state index >= 15 is 0 Å². The third kappa shape index (κ3) is 4.61. The average molecular weight is 498 g/mol. The number of anilines is 3. The first-order valence-corrected chi connectivity index (χ1v) is 11.8. The molecule has 36 heavy (non-hydrogen) atoms. The van der Waals surface area contributed by atoms with Crippen LogP contribution in [0, 0.1) is 6.92 Å². The second kappa shape index (κ2) is 9.71. The lowest BCUT2D eigenvalue weighted by atomic mass is 9.94. The number of halogens is 1. The van der Waals surface area contributed by atoms with Crippen molar-refractivity contribution in [1.82, 2.24) is 9.78 Å². The molecule has 3 aromatic carbocycles. The number of rotatable bonds is 5. The molecule has 1 aromatic heterocycles. The van der Waals surface area contributed by atoms with Gasteiger partial charge in [-0.2, -0.15) is 5.10 Å². The van der Waals surface area contributed by atoms with Gasteiger partial charge in [0.25, 0.3) is 11.8 Å². The first kappa shape index (κ1) is 23.4. The Balaban J connectivity index is 1.53. The SMILES string of the molecule is CC1=C(C(=O)Nc2ccccc2)[C@@H](c2ccc(Cl)cc2)n2ncc(C(=O)Nc3ccc(C)cc3)c2N1. The predicted octanol–water partition coefficient (Wildman–Crippen LogP) is 6.02. The van der Waals surface area contributed by atoms with Crippen LogP contribution >= 0.6 is 11.6 Å². The van der Waals surface area contributed by atoms with Crippen LogP contribution in [0.15, 0.2) is 96.3 Å². The second-order valence-corrected chi connectivity index (χ2v) is 9.05. The number of allylic oxidation sites excluding steroid dienone is 1. The van der Waals surface area contributed by atoms with Gasteiger partial charge in [-0.15, -0.1) is 0 Å². The number of hydrogen-bond acceptors (Lipinski definition) is 4. The van der Waals surface area contributed by atoms with E-state index in [0.29, 0.717) is 39.0 Å². The Hall–Kier alpha value is -4.36. The van der Waals surface area contributed by atoms with E-state index in [-0.39, 0.29) is 11.8 Å². The molecule has 1 atom stereocenters. The molecule has 180 valence electrons. The fraction of sp³-hybridized carbons (Fsp3) is 0.107. The number of carbonyl (C=O) groups excluding carboxylic acids is 2. The zero-order chi connectivity index (χ0) is 25.2. The fourth-order valence-corrected chi connectivity index (χ4v) is 4.35. The minimum Gasteiger partial charge on any atom is -0.343 e. The molecule has 2 heterocycles. The summed E-state index contributed by atoms with van der Waals surface area (Å²) in [7, 11) is 0. The maximum Gasteiger partial charge on any atom is 0.261 e. The number of hydrogen-bond donors (Lipinski definition) is 3. The molecule has 0 saturated carbocycles. The van der Waals surface area contributed by atoms with Crippen molar-refractivity contribution in [2.24, 2.45) is 0 Å². The van der Waals surface area contributed by atoms with Crippen LogP contribution in [0.25, 0.3) is 0 Å². The quantitative estimate of drug-likeness (QED) is 0.314. The highest BCUT2D eigenvalue weighted by Gasteiger charge is 2.35. The highest BCUT2D eigenvalue weighted by atomic mass is 35.5. The Kier molecular flexibility index (Phi) is 6.31. The summed E-state index contributed by atoms with van der Waals surface area (Å²) in [6.45, 7) is 3.81. The number of para-hydroxylation sites is 1. The Morgan fingerprint density at radius 2 is 1.50 bits per heavy atom. The fourth-order valence-electron chi connectivity index (χ4n) is 4.22. The van der Waals surface area contributed by atoms with Crippen molar-refractivity contribution in [2.75, 3.05) is 16.0 Å². The molecule has 0 radical (unpaired) electrons. The van der Waals surface area contributed by atoms with Crippen LogP contribution in [0.4, 0.5) is 17.2 Å². The molecule has 3 N–H and O–H groups in total. The molecular weight excluding hydrogens is 474 g/mol. The van der Waals surface area contributed by atoms with Crippen molar-refractivity contribution in [1.29, 1.82) is 0 Å². The molecule has 1 aliphatic rings. The van der Waals surface area contributed by atoms with E-state index in [4.69, 9.17) is 11.6 Å². The normalized spacial score (nSPS) is 14.6. The van der Waals surface area contributed by atoms with E-state index in [2.05, 4.69) is 21.0 Å². The van der Waals surface area contributed by atoms with Crippen molar-refractivity contribution >= 4 is 40.6 Å². The van der Waals surface area contributed by atoms with Crippen LogP contribution in [0.2, 0.25) is 5.02 Å². The monoisotopic (exact) mass is 497 g/mol. The van der Waals surface area contributed by atoms with Gasteiger partial charge in [0, 0.05) is 22.1 Å². The number of fused-ring (bicyclic) bond motifs is 1. The molecule has 0 saturated heterocycles. The van der Waals surface area contributed by atoms with E-state index < -0.39 is 6.04 Å².